The maximum atomic E-state index is 4.62. The Morgan fingerprint density at radius 1 is 1.14 bits per heavy atom. The molecule has 0 saturated carbocycles. The Kier molecular flexibility index (Phi) is 3.20. The van der Waals surface area contributed by atoms with E-state index in [-0.39, 0.29) is 0 Å². The van der Waals surface area contributed by atoms with Crippen LogP contribution in [0.3, 0.4) is 0 Å². The van der Waals surface area contributed by atoms with E-state index < -0.39 is 0 Å². The smallest absolute Gasteiger partial charge is 0.172 e. The van der Waals surface area contributed by atoms with Gasteiger partial charge in [-0.15, -0.1) is 0 Å². The molecule has 21 heavy (non-hydrogen) atoms. The van der Waals surface area contributed by atoms with Gasteiger partial charge in [0.25, 0.3) is 0 Å². The summed E-state index contributed by atoms with van der Waals surface area (Å²) in [5, 5.41) is 0.990. The van der Waals surface area contributed by atoms with E-state index in [2.05, 4.69) is 42.6 Å². The highest BCUT2D eigenvalue weighted by molar-refractivity contribution is 9.10. The van der Waals surface area contributed by atoms with Gasteiger partial charge in [-0.3, -0.25) is 4.40 Å². The fraction of sp³-hybridized carbons (Fsp3) is 0.0667. The minimum atomic E-state index is 0.799. The Morgan fingerprint density at radius 2 is 2.10 bits per heavy atom. The highest BCUT2D eigenvalue weighted by Crippen LogP contribution is 2.23. The first-order valence-corrected chi connectivity index (χ1v) is 8.25. The molecule has 0 N–H and O–H groups in total. The SMILES string of the molecule is Brc1ccc2nc(CSc3ncc4ccccn34)cn2c1. The molecule has 0 bridgehead atoms. The summed E-state index contributed by atoms with van der Waals surface area (Å²) in [6, 6.07) is 10.1. The van der Waals surface area contributed by atoms with Gasteiger partial charge in [0.2, 0.25) is 0 Å². The second kappa shape index (κ2) is 5.20. The predicted octanol–water partition coefficient (Wildman–Crippen LogP) is 4.04. The maximum Gasteiger partial charge on any atom is 0.172 e. The molecule has 4 nitrogen and oxygen atoms in total. The number of halogens is 1. The molecule has 0 unspecified atom stereocenters. The van der Waals surface area contributed by atoms with Gasteiger partial charge in [0.15, 0.2) is 5.16 Å². The van der Waals surface area contributed by atoms with Crippen LogP contribution in [0.15, 0.2) is 64.7 Å². The first-order chi connectivity index (χ1) is 10.3. The van der Waals surface area contributed by atoms with Gasteiger partial charge in [0.05, 0.1) is 17.4 Å². The third-order valence-electron chi connectivity index (χ3n) is 3.22. The van der Waals surface area contributed by atoms with Crippen LogP contribution in [-0.4, -0.2) is 18.8 Å². The van der Waals surface area contributed by atoms with E-state index in [0.29, 0.717) is 0 Å². The Balaban J connectivity index is 1.60. The van der Waals surface area contributed by atoms with Gasteiger partial charge >= 0.3 is 0 Å². The predicted molar refractivity (Wildman–Crippen MR) is 87.6 cm³/mol. The molecule has 6 heteroatoms. The van der Waals surface area contributed by atoms with Crippen molar-refractivity contribution in [3.05, 3.63) is 65.3 Å². The normalized spacial score (nSPS) is 11.5. The molecule has 4 heterocycles. The molecule has 104 valence electrons. The summed E-state index contributed by atoms with van der Waals surface area (Å²) in [5.74, 6) is 0.799. The fourth-order valence-corrected chi connectivity index (χ4v) is 3.45. The van der Waals surface area contributed by atoms with Crippen LogP contribution in [-0.2, 0) is 5.75 Å². The van der Waals surface area contributed by atoms with Crippen LogP contribution in [0.5, 0.6) is 0 Å². The highest BCUT2D eigenvalue weighted by atomic mass is 79.9. The van der Waals surface area contributed by atoms with E-state index in [1.54, 1.807) is 11.8 Å². The quantitative estimate of drug-likeness (QED) is 0.518. The summed E-state index contributed by atoms with van der Waals surface area (Å²) in [6.07, 6.45) is 8.00. The molecular formula is C15H11BrN4S. The molecule has 0 saturated heterocycles. The van der Waals surface area contributed by atoms with Gasteiger partial charge in [-0.2, -0.15) is 0 Å². The molecule has 0 atom stereocenters. The standard InChI is InChI=1S/C15H11BrN4S/c16-11-4-5-14-18-12(9-19(14)8-11)10-21-15-17-7-13-3-1-2-6-20(13)15/h1-9H,10H2. The number of fused-ring (bicyclic) bond motifs is 2. The van der Waals surface area contributed by atoms with E-state index in [0.717, 1.165) is 32.2 Å². The van der Waals surface area contributed by atoms with Crippen LogP contribution >= 0.6 is 27.7 Å². The number of imidazole rings is 2. The molecule has 0 aliphatic carbocycles. The van der Waals surface area contributed by atoms with Crippen LogP contribution in [0, 0.1) is 0 Å². The van der Waals surface area contributed by atoms with E-state index in [4.69, 9.17) is 0 Å². The number of nitrogens with zero attached hydrogens (tertiary/aromatic N) is 4. The van der Waals surface area contributed by atoms with Crippen LogP contribution < -0.4 is 0 Å². The summed E-state index contributed by atoms with van der Waals surface area (Å²) < 4.78 is 5.17. The summed E-state index contributed by atoms with van der Waals surface area (Å²) in [5.41, 5.74) is 3.12. The van der Waals surface area contributed by atoms with E-state index in [1.807, 2.05) is 47.3 Å². The molecule has 0 fully saturated rings. The molecule has 0 spiro atoms. The van der Waals surface area contributed by atoms with Gasteiger partial charge in [-0.1, -0.05) is 17.8 Å². The van der Waals surface area contributed by atoms with Crippen molar-refractivity contribution in [1.29, 1.82) is 0 Å². The third-order valence-corrected chi connectivity index (χ3v) is 4.69. The lowest BCUT2D eigenvalue weighted by Gasteiger charge is -1.98. The Bertz CT molecular complexity index is 928. The van der Waals surface area contributed by atoms with E-state index in [1.165, 1.54) is 0 Å². The van der Waals surface area contributed by atoms with E-state index >= 15 is 0 Å². The zero-order chi connectivity index (χ0) is 14.2. The fourth-order valence-electron chi connectivity index (χ4n) is 2.25. The number of aromatic nitrogens is 4. The van der Waals surface area contributed by atoms with Crippen molar-refractivity contribution >= 4 is 38.9 Å². The molecule has 0 aliphatic heterocycles. The van der Waals surface area contributed by atoms with Gasteiger partial charge in [-0.25, -0.2) is 9.97 Å². The maximum absolute atomic E-state index is 4.62. The van der Waals surface area contributed by atoms with Gasteiger partial charge in [0.1, 0.15) is 5.65 Å². The van der Waals surface area contributed by atoms with Gasteiger partial charge in [0, 0.05) is 28.8 Å². The monoisotopic (exact) mass is 358 g/mol. The Hall–Kier alpha value is -1.79. The number of hydrogen-bond donors (Lipinski definition) is 0. The lowest BCUT2D eigenvalue weighted by atomic mass is 10.4. The van der Waals surface area contributed by atoms with Crippen molar-refractivity contribution in [3.8, 4) is 0 Å². The second-order valence-corrected chi connectivity index (χ2v) is 6.53. The molecule has 4 aromatic rings. The van der Waals surface area contributed by atoms with Gasteiger partial charge in [-0.05, 0) is 40.2 Å². The molecular weight excluding hydrogens is 348 g/mol. The lowest BCUT2D eigenvalue weighted by Crippen LogP contribution is -1.87. The average molecular weight is 359 g/mol. The van der Waals surface area contributed by atoms with Crippen LogP contribution in [0.2, 0.25) is 0 Å². The first-order valence-electron chi connectivity index (χ1n) is 6.48. The second-order valence-electron chi connectivity index (χ2n) is 4.67. The summed E-state index contributed by atoms with van der Waals surface area (Å²) in [7, 11) is 0. The largest absolute Gasteiger partial charge is 0.306 e. The minimum absolute atomic E-state index is 0.799. The highest BCUT2D eigenvalue weighted by Gasteiger charge is 2.07. The zero-order valence-electron chi connectivity index (χ0n) is 11.0. The number of hydrogen-bond acceptors (Lipinski definition) is 3. The minimum Gasteiger partial charge on any atom is -0.306 e. The van der Waals surface area contributed by atoms with Crippen molar-refractivity contribution in [2.24, 2.45) is 0 Å². The summed E-state index contributed by atoms with van der Waals surface area (Å²) >= 11 is 5.17. The van der Waals surface area contributed by atoms with Crippen LogP contribution in [0.4, 0.5) is 0 Å². The van der Waals surface area contributed by atoms with Crippen molar-refractivity contribution in [2.75, 3.05) is 0 Å². The number of thioether (sulfide) groups is 1. The molecule has 0 aliphatic rings. The Labute approximate surface area is 134 Å². The average Bonchev–Trinajstić information content (AvgIpc) is 3.08. The van der Waals surface area contributed by atoms with E-state index in [9.17, 15) is 0 Å². The number of rotatable bonds is 3. The molecule has 0 radical (unpaired) electrons. The molecule has 4 aromatic heterocycles. The lowest BCUT2D eigenvalue weighted by molar-refractivity contribution is 0.956. The van der Waals surface area contributed by atoms with Crippen LogP contribution in [0.1, 0.15) is 5.69 Å². The first kappa shape index (κ1) is 12.9. The van der Waals surface area contributed by atoms with Crippen molar-refractivity contribution < 1.29 is 0 Å². The van der Waals surface area contributed by atoms with Crippen molar-refractivity contribution in [1.82, 2.24) is 18.8 Å². The van der Waals surface area contributed by atoms with Crippen molar-refractivity contribution in [2.45, 2.75) is 10.9 Å². The third kappa shape index (κ3) is 2.45. The number of pyridine rings is 2. The van der Waals surface area contributed by atoms with Crippen molar-refractivity contribution in [3.63, 3.8) is 0 Å². The molecule has 4 rings (SSSR count). The zero-order valence-corrected chi connectivity index (χ0v) is 13.4. The molecule has 0 amide bonds. The topological polar surface area (TPSA) is 34.6 Å². The van der Waals surface area contributed by atoms with Gasteiger partial charge < -0.3 is 4.40 Å². The summed E-state index contributed by atoms with van der Waals surface area (Å²) in [6.45, 7) is 0. The van der Waals surface area contributed by atoms with Crippen LogP contribution in [0.25, 0.3) is 11.2 Å². The summed E-state index contributed by atoms with van der Waals surface area (Å²) in [4.78, 5) is 9.08. The Morgan fingerprint density at radius 3 is 3.05 bits per heavy atom. The molecule has 0 aromatic carbocycles.